The van der Waals surface area contributed by atoms with Gasteiger partial charge in [0.1, 0.15) is 17.8 Å². The number of phenolic OH excluding ortho intramolecular Hbond substituents is 1. The van der Waals surface area contributed by atoms with Crippen LogP contribution in [0.2, 0.25) is 0 Å². The molecule has 0 aliphatic heterocycles. The number of para-hydroxylation sites is 2. The van der Waals surface area contributed by atoms with Crippen LogP contribution in [0.25, 0.3) is 45.1 Å². The van der Waals surface area contributed by atoms with E-state index < -0.39 is 0 Å². The molecule has 210 valence electrons. The first-order chi connectivity index (χ1) is 20.3. The van der Waals surface area contributed by atoms with Crippen LogP contribution in [0.5, 0.6) is 5.75 Å². The lowest BCUT2D eigenvalue weighted by Gasteiger charge is -2.22. The van der Waals surface area contributed by atoms with Gasteiger partial charge in [-0.05, 0) is 77.4 Å². The Bertz CT molecular complexity index is 1830. The summed E-state index contributed by atoms with van der Waals surface area (Å²) in [5.41, 5.74) is 10.3. The first-order valence-corrected chi connectivity index (χ1v) is 14.4. The van der Waals surface area contributed by atoms with Gasteiger partial charge in [-0.3, -0.25) is 0 Å². The molecule has 0 unspecified atom stereocenters. The van der Waals surface area contributed by atoms with Crippen molar-refractivity contribution in [2.75, 3.05) is 0 Å². The molecule has 0 spiro atoms. The van der Waals surface area contributed by atoms with Crippen molar-refractivity contribution in [3.63, 3.8) is 0 Å². The first-order valence-electron chi connectivity index (χ1n) is 14.4. The monoisotopic (exact) mass is 553 g/mol. The Balaban J connectivity index is 1.46. The van der Waals surface area contributed by atoms with E-state index in [4.69, 9.17) is 15.2 Å². The van der Waals surface area contributed by atoms with Crippen LogP contribution in [-0.4, -0.2) is 29.7 Å². The summed E-state index contributed by atoms with van der Waals surface area (Å²) in [6, 6.07) is 32.7. The third-order valence-corrected chi connectivity index (χ3v) is 7.69. The van der Waals surface area contributed by atoms with Crippen molar-refractivity contribution < 1.29 is 5.11 Å². The summed E-state index contributed by atoms with van der Waals surface area (Å²) in [5, 5.41) is 20.0. The molecule has 6 aromatic rings. The summed E-state index contributed by atoms with van der Waals surface area (Å²) < 4.78 is 3.78. The number of aryl methyl sites for hydroxylation is 1. The normalized spacial score (nSPS) is 11.5. The fraction of sp³-hybridized carbons (Fsp3) is 0.194. The lowest BCUT2D eigenvalue weighted by molar-refractivity contribution is 0.470. The Morgan fingerprint density at radius 3 is 1.98 bits per heavy atom. The Hall–Kier alpha value is -4.97. The van der Waals surface area contributed by atoms with Gasteiger partial charge in [0.25, 0.3) is 0 Å². The number of rotatable bonds is 7. The maximum Gasteiger partial charge on any atom is 0.163 e. The van der Waals surface area contributed by atoms with Gasteiger partial charge in [-0.25, -0.2) is 14.3 Å². The van der Waals surface area contributed by atoms with Crippen LogP contribution in [-0.2, 0) is 0 Å². The summed E-state index contributed by atoms with van der Waals surface area (Å²) in [6.45, 7) is 10.9. The van der Waals surface area contributed by atoms with Gasteiger partial charge in [0, 0.05) is 16.8 Å². The molecule has 0 amide bonds. The average Bonchev–Trinajstić information content (AvgIpc) is 3.64. The topological polar surface area (TPSA) is 68.8 Å². The zero-order valence-electron chi connectivity index (χ0n) is 24.7. The van der Waals surface area contributed by atoms with Gasteiger partial charge in [0.2, 0.25) is 0 Å². The van der Waals surface area contributed by atoms with Gasteiger partial charge in [-0.1, -0.05) is 88.4 Å². The molecule has 0 radical (unpaired) electrons. The highest BCUT2D eigenvalue weighted by molar-refractivity contribution is 5.73. The molecule has 6 nitrogen and oxygen atoms in total. The van der Waals surface area contributed by atoms with Crippen molar-refractivity contribution in [1.29, 1.82) is 0 Å². The van der Waals surface area contributed by atoms with Crippen LogP contribution in [0.3, 0.4) is 0 Å². The van der Waals surface area contributed by atoms with E-state index in [1.54, 1.807) is 17.1 Å². The van der Waals surface area contributed by atoms with E-state index >= 15 is 0 Å². The molecule has 6 rings (SSSR count). The van der Waals surface area contributed by atoms with E-state index in [0.717, 1.165) is 34.0 Å². The summed E-state index contributed by atoms with van der Waals surface area (Å²) in [5.74, 6) is 1.54. The first kappa shape index (κ1) is 27.2. The van der Waals surface area contributed by atoms with E-state index in [0.29, 0.717) is 5.69 Å². The van der Waals surface area contributed by atoms with Gasteiger partial charge < -0.3 is 5.11 Å². The predicted molar refractivity (Wildman–Crippen MR) is 169 cm³/mol. The minimum atomic E-state index is 0.192. The largest absolute Gasteiger partial charge is 0.506 e. The molecule has 0 aliphatic rings. The van der Waals surface area contributed by atoms with Crippen molar-refractivity contribution >= 4 is 0 Å². The van der Waals surface area contributed by atoms with E-state index in [1.165, 1.54) is 22.3 Å². The molecule has 0 saturated heterocycles. The molecule has 0 saturated carbocycles. The highest BCUT2D eigenvalue weighted by Gasteiger charge is 2.22. The smallest absolute Gasteiger partial charge is 0.163 e. The zero-order valence-corrected chi connectivity index (χ0v) is 24.7. The zero-order chi connectivity index (χ0) is 29.4. The number of aromatic nitrogens is 5. The van der Waals surface area contributed by atoms with Crippen LogP contribution in [0, 0.1) is 6.92 Å². The summed E-state index contributed by atoms with van der Waals surface area (Å²) in [6.07, 6.45) is 1.64. The van der Waals surface area contributed by atoms with Gasteiger partial charge in [-0.15, -0.1) is 0 Å². The second-order valence-electron chi connectivity index (χ2n) is 11.3. The number of hydrogen-bond donors (Lipinski definition) is 1. The molecule has 6 heteroatoms. The Labute approximate surface area is 246 Å². The van der Waals surface area contributed by atoms with Crippen molar-refractivity contribution in [3.05, 3.63) is 120 Å². The molecular weight excluding hydrogens is 518 g/mol. The Kier molecular flexibility index (Phi) is 7.21. The van der Waals surface area contributed by atoms with Gasteiger partial charge >= 0.3 is 0 Å². The van der Waals surface area contributed by atoms with Crippen LogP contribution in [0.15, 0.2) is 103 Å². The standard InChI is InChI=1S/C36H35N5O/c1-23(2)30-20-29(26-12-7-6-8-13-26)21-31(24(3)4)35(30)41-36(37-22-38-41)28-15-11-14-27(19-28)32-18-25(5)40(39-32)33-16-9-10-17-34(33)42/h6-24,42H,1-5H3. The minimum absolute atomic E-state index is 0.192. The number of benzene rings is 4. The fourth-order valence-corrected chi connectivity index (χ4v) is 5.52. The maximum atomic E-state index is 10.4. The second-order valence-corrected chi connectivity index (χ2v) is 11.3. The molecule has 0 aliphatic carbocycles. The van der Waals surface area contributed by atoms with Crippen LogP contribution < -0.4 is 0 Å². The van der Waals surface area contributed by atoms with Gasteiger partial charge in [0.15, 0.2) is 5.82 Å². The Morgan fingerprint density at radius 1 is 0.643 bits per heavy atom. The summed E-state index contributed by atoms with van der Waals surface area (Å²) in [4.78, 5) is 4.75. The molecule has 1 N–H and O–H groups in total. The molecule has 0 bridgehead atoms. The van der Waals surface area contributed by atoms with Crippen LogP contribution >= 0.6 is 0 Å². The third kappa shape index (κ3) is 5.00. The Morgan fingerprint density at radius 2 is 1.29 bits per heavy atom. The van der Waals surface area contributed by atoms with Crippen molar-refractivity contribution in [3.8, 4) is 50.9 Å². The molecule has 42 heavy (non-hydrogen) atoms. The van der Waals surface area contributed by atoms with E-state index in [9.17, 15) is 5.11 Å². The molecular formula is C36H35N5O. The average molecular weight is 554 g/mol. The molecule has 0 fully saturated rings. The lowest BCUT2D eigenvalue weighted by Crippen LogP contribution is -2.10. The number of hydrogen-bond acceptors (Lipinski definition) is 4. The lowest BCUT2D eigenvalue weighted by atomic mass is 9.88. The molecule has 4 aromatic carbocycles. The molecule has 2 aromatic heterocycles. The van der Waals surface area contributed by atoms with Gasteiger partial charge in [0.05, 0.1) is 11.4 Å². The quantitative estimate of drug-likeness (QED) is 0.215. The minimum Gasteiger partial charge on any atom is -0.506 e. The molecule has 2 heterocycles. The number of aromatic hydroxyl groups is 1. The third-order valence-electron chi connectivity index (χ3n) is 7.69. The number of nitrogens with zero attached hydrogens (tertiary/aromatic N) is 5. The van der Waals surface area contributed by atoms with Crippen LogP contribution in [0.1, 0.15) is 56.4 Å². The highest BCUT2D eigenvalue weighted by atomic mass is 16.3. The fourth-order valence-electron chi connectivity index (χ4n) is 5.52. The van der Waals surface area contributed by atoms with Crippen molar-refractivity contribution in [1.82, 2.24) is 24.5 Å². The van der Waals surface area contributed by atoms with Crippen molar-refractivity contribution in [2.24, 2.45) is 0 Å². The van der Waals surface area contributed by atoms with Crippen molar-refractivity contribution in [2.45, 2.75) is 46.5 Å². The summed E-state index contributed by atoms with van der Waals surface area (Å²) >= 11 is 0. The molecule has 0 atom stereocenters. The van der Waals surface area contributed by atoms with Gasteiger partial charge in [-0.2, -0.15) is 10.2 Å². The van der Waals surface area contributed by atoms with E-state index in [-0.39, 0.29) is 17.6 Å². The highest BCUT2D eigenvalue weighted by Crippen LogP contribution is 2.38. The maximum absolute atomic E-state index is 10.4. The van der Waals surface area contributed by atoms with E-state index in [2.05, 4.69) is 88.4 Å². The number of phenols is 1. The predicted octanol–water partition coefficient (Wildman–Crippen LogP) is 8.71. The second kappa shape index (κ2) is 11.1. The summed E-state index contributed by atoms with van der Waals surface area (Å²) in [7, 11) is 0. The van der Waals surface area contributed by atoms with Crippen LogP contribution in [0.4, 0.5) is 0 Å². The van der Waals surface area contributed by atoms with E-state index in [1.807, 2.05) is 41.9 Å². The SMILES string of the molecule is Cc1cc(-c2cccc(-c3ncnn3-c3c(C(C)C)cc(-c4ccccc4)cc3C(C)C)c2)nn1-c1ccccc1O.